The molecule has 0 spiro atoms. The van der Waals surface area contributed by atoms with Crippen LogP contribution in [0, 0.1) is 0 Å². The molecule has 0 aliphatic carbocycles. The van der Waals surface area contributed by atoms with Crippen LogP contribution in [0.4, 0.5) is 0 Å². The van der Waals surface area contributed by atoms with Crippen LogP contribution in [0.5, 0.6) is 5.75 Å². The topological polar surface area (TPSA) is 48.7 Å². The molecule has 118 valence electrons. The van der Waals surface area contributed by atoms with E-state index in [1.165, 1.54) is 0 Å². The maximum Gasteiger partial charge on any atom is 0.306 e. The number of furan rings is 1. The summed E-state index contributed by atoms with van der Waals surface area (Å²) in [6, 6.07) is 9.76. The van der Waals surface area contributed by atoms with Gasteiger partial charge in [-0.3, -0.25) is 4.79 Å². The minimum absolute atomic E-state index is 0.173. The molecule has 2 rings (SSSR count). The molecule has 0 saturated carbocycles. The lowest BCUT2D eigenvalue weighted by Crippen LogP contribution is -2.05. The molecule has 0 aliphatic rings. The second-order valence-corrected chi connectivity index (χ2v) is 4.95. The van der Waals surface area contributed by atoms with Crippen LogP contribution in [-0.4, -0.2) is 19.7 Å². The van der Waals surface area contributed by atoms with E-state index in [4.69, 9.17) is 13.9 Å². The Morgan fingerprint density at radius 3 is 2.73 bits per heavy atom. The smallest absolute Gasteiger partial charge is 0.306 e. The molecule has 4 nitrogen and oxygen atoms in total. The number of hydrogen-bond acceptors (Lipinski definition) is 4. The first kappa shape index (κ1) is 16.1. The van der Waals surface area contributed by atoms with E-state index in [2.05, 4.69) is 0 Å². The molecule has 22 heavy (non-hydrogen) atoms. The van der Waals surface area contributed by atoms with Crippen molar-refractivity contribution in [3.8, 4) is 17.1 Å². The number of benzene rings is 1. The van der Waals surface area contributed by atoms with Gasteiger partial charge in [-0.15, -0.1) is 0 Å². The van der Waals surface area contributed by atoms with Crippen molar-refractivity contribution in [3.63, 3.8) is 0 Å². The number of hydrogen-bond donors (Lipinski definition) is 0. The van der Waals surface area contributed by atoms with Crippen LogP contribution in [0.3, 0.4) is 0 Å². The molecule has 4 heteroatoms. The summed E-state index contributed by atoms with van der Waals surface area (Å²) in [5.41, 5.74) is 2.03. The van der Waals surface area contributed by atoms with Crippen molar-refractivity contribution in [1.29, 1.82) is 0 Å². The van der Waals surface area contributed by atoms with E-state index >= 15 is 0 Å². The number of methoxy groups -OCH3 is 1. The highest BCUT2D eigenvalue weighted by molar-refractivity contribution is 5.70. The highest BCUT2D eigenvalue weighted by atomic mass is 16.5. The average molecular weight is 302 g/mol. The summed E-state index contributed by atoms with van der Waals surface area (Å²) >= 11 is 0. The van der Waals surface area contributed by atoms with Gasteiger partial charge in [-0.1, -0.05) is 19.1 Å². The summed E-state index contributed by atoms with van der Waals surface area (Å²) in [4.78, 5) is 11.5. The van der Waals surface area contributed by atoms with E-state index in [0.717, 1.165) is 34.8 Å². The molecule has 0 radical (unpaired) electrons. The van der Waals surface area contributed by atoms with E-state index in [-0.39, 0.29) is 5.97 Å². The third-order valence-corrected chi connectivity index (χ3v) is 3.48. The van der Waals surface area contributed by atoms with Gasteiger partial charge >= 0.3 is 5.97 Å². The van der Waals surface area contributed by atoms with Crippen molar-refractivity contribution >= 4 is 5.97 Å². The Labute approximate surface area is 131 Å². The predicted molar refractivity (Wildman–Crippen MR) is 85.0 cm³/mol. The second kappa shape index (κ2) is 7.69. The van der Waals surface area contributed by atoms with Crippen LogP contribution in [0.15, 0.2) is 34.7 Å². The summed E-state index contributed by atoms with van der Waals surface area (Å²) in [6.45, 7) is 4.27. The van der Waals surface area contributed by atoms with Gasteiger partial charge in [0.05, 0.1) is 13.7 Å². The third-order valence-electron chi connectivity index (χ3n) is 3.48. The van der Waals surface area contributed by atoms with Gasteiger partial charge in [0.25, 0.3) is 0 Å². The van der Waals surface area contributed by atoms with E-state index in [0.29, 0.717) is 19.4 Å². The normalized spacial score (nSPS) is 10.5. The Kier molecular flexibility index (Phi) is 5.64. The summed E-state index contributed by atoms with van der Waals surface area (Å²) < 4.78 is 16.1. The van der Waals surface area contributed by atoms with Gasteiger partial charge in [0.1, 0.15) is 17.3 Å². The maximum atomic E-state index is 11.5. The Bertz CT molecular complexity index is 628. The lowest BCUT2D eigenvalue weighted by atomic mass is 10.1. The number of rotatable bonds is 7. The van der Waals surface area contributed by atoms with E-state index in [1.807, 2.05) is 44.2 Å². The molecule has 0 fully saturated rings. The van der Waals surface area contributed by atoms with Crippen LogP contribution < -0.4 is 4.74 Å². The van der Waals surface area contributed by atoms with Gasteiger partial charge in [0.15, 0.2) is 0 Å². The zero-order valence-corrected chi connectivity index (χ0v) is 13.3. The predicted octanol–water partition coefficient (Wildman–Crippen LogP) is 4.01. The van der Waals surface area contributed by atoms with Crippen molar-refractivity contribution in [2.24, 2.45) is 0 Å². The van der Waals surface area contributed by atoms with Crippen LogP contribution >= 0.6 is 0 Å². The monoisotopic (exact) mass is 302 g/mol. The standard InChI is InChI=1S/C18H22O4/c1-4-16-14(9-10-18(19)21-5-2)12-17(22-16)13-7-6-8-15(11-13)20-3/h6-8,11-12H,4-5,9-10H2,1-3H3. The van der Waals surface area contributed by atoms with E-state index in [9.17, 15) is 4.79 Å². The number of esters is 1. The number of ether oxygens (including phenoxy) is 2. The molecule has 0 saturated heterocycles. The van der Waals surface area contributed by atoms with Crippen molar-refractivity contribution in [2.45, 2.75) is 33.1 Å². The van der Waals surface area contributed by atoms with E-state index in [1.54, 1.807) is 7.11 Å². The maximum absolute atomic E-state index is 11.5. The fourth-order valence-electron chi connectivity index (χ4n) is 2.37. The highest BCUT2D eigenvalue weighted by Gasteiger charge is 2.13. The minimum Gasteiger partial charge on any atom is -0.497 e. The average Bonchev–Trinajstić information content (AvgIpc) is 2.96. The molecule has 1 aromatic carbocycles. The van der Waals surface area contributed by atoms with Gasteiger partial charge in [0.2, 0.25) is 0 Å². The fourth-order valence-corrected chi connectivity index (χ4v) is 2.37. The molecule has 0 N–H and O–H groups in total. The summed E-state index contributed by atoms with van der Waals surface area (Å²) in [6.07, 6.45) is 1.80. The van der Waals surface area contributed by atoms with Crippen LogP contribution in [0.1, 0.15) is 31.6 Å². The van der Waals surface area contributed by atoms with Crippen molar-refractivity contribution in [2.75, 3.05) is 13.7 Å². The lowest BCUT2D eigenvalue weighted by Gasteiger charge is -2.01. The second-order valence-electron chi connectivity index (χ2n) is 4.95. The largest absolute Gasteiger partial charge is 0.497 e. The van der Waals surface area contributed by atoms with Crippen molar-refractivity contribution in [3.05, 3.63) is 41.7 Å². The molecular weight excluding hydrogens is 280 g/mol. The molecule has 1 heterocycles. The van der Waals surface area contributed by atoms with Crippen molar-refractivity contribution < 1.29 is 18.7 Å². The molecule has 0 amide bonds. The Hall–Kier alpha value is -2.23. The molecule has 2 aromatic rings. The molecule has 0 atom stereocenters. The first-order valence-electron chi connectivity index (χ1n) is 7.59. The number of carbonyl (C=O) groups excluding carboxylic acids is 1. The van der Waals surface area contributed by atoms with Gasteiger partial charge in [0, 0.05) is 18.4 Å². The first-order chi connectivity index (χ1) is 10.7. The van der Waals surface area contributed by atoms with Gasteiger partial charge in [-0.05, 0) is 37.1 Å². The quantitative estimate of drug-likeness (QED) is 0.725. The van der Waals surface area contributed by atoms with Crippen molar-refractivity contribution in [1.82, 2.24) is 0 Å². The molecule has 1 aromatic heterocycles. The van der Waals surface area contributed by atoms with Gasteiger partial charge in [-0.25, -0.2) is 0 Å². The number of carbonyl (C=O) groups is 1. The zero-order valence-electron chi connectivity index (χ0n) is 13.3. The SMILES string of the molecule is CCOC(=O)CCc1cc(-c2cccc(OC)c2)oc1CC. The number of aryl methyl sites for hydroxylation is 2. The van der Waals surface area contributed by atoms with Crippen LogP contribution in [0.2, 0.25) is 0 Å². The molecule has 0 unspecified atom stereocenters. The van der Waals surface area contributed by atoms with Gasteiger partial charge < -0.3 is 13.9 Å². The van der Waals surface area contributed by atoms with Crippen LogP contribution in [0.25, 0.3) is 11.3 Å². The highest BCUT2D eigenvalue weighted by Crippen LogP contribution is 2.29. The van der Waals surface area contributed by atoms with E-state index < -0.39 is 0 Å². The van der Waals surface area contributed by atoms with Crippen LogP contribution in [-0.2, 0) is 22.4 Å². The molecule has 0 bridgehead atoms. The third kappa shape index (κ3) is 3.91. The van der Waals surface area contributed by atoms with Gasteiger partial charge in [-0.2, -0.15) is 0 Å². The first-order valence-corrected chi connectivity index (χ1v) is 7.59. The summed E-state index contributed by atoms with van der Waals surface area (Å²) in [5, 5.41) is 0. The summed E-state index contributed by atoms with van der Waals surface area (Å²) in [7, 11) is 1.64. The Balaban J connectivity index is 2.18. The molecular formula is C18H22O4. The Morgan fingerprint density at radius 2 is 2.05 bits per heavy atom. The Morgan fingerprint density at radius 1 is 1.23 bits per heavy atom. The minimum atomic E-state index is -0.173. The summed E-state index contributed by atoms with van der Waals surface area (Å²) in [5.74, 6) is 2.34. The fraction of sp³-hybridized carbons (Fsp3) is 0.389. The molecule has 0 aliphatic heterocycles. The lowest BCUT2D eigenvalue weighted by molar-refractivity contribution is -0.143. The zero-order chi connectivity index (χ0) is 15.9.